The zero-order valence-electron chi connectivity index (χ0n) is 10.9. The summed E-state index contributed by atoms with van der Waals surface area (Å²) in [6.07, 6.45) is 0.580. The van der Waals surface area contributed by atoms with Crippen LogP contribution in [0.3, 0.4) is 0 Å². The van der Waals surface area contributed by atoms with E-state index in [0.717, 1.165) is 5.56 Å². The minimum Gasteiger partial charge on any atom is -0.396 e. The lowest BCUT2D eigenvalue weighted by Gasteiger charge is -2.23. The highest BCUT2D eigenvalue weighted by atomic mass is 16.3. The molecular weight excluding hydrogens is 226 g/mol. The summed E-state index contributed by atoms with van der Waals surface area (Å²) in [6, 6.07) is 9.52. The molecule has 0 bridgehead atoms. The summed E-state index contributed by atoms with van der Waals surface area (Å²) in [5.41, 5.74) is 0.830. The summed E-state index contributed by atoms with van der Waals surface area (Å²) < 4.78 is 0. The molecule has 0 aliphatic rings. The molecule has 1 amide bonds. The van der Waals surface area contributed by atoms with Gasteiger partial charge >= 0.3 is 0 Å². The number of hydrogen-bond acceptors (Lipinski definition) is 2. The predicted octanol–water partition coefficient (Wildman–Crippen LogP) is 1.66. The minimum absolute atomic E-state index is 0.0859. The number of amides is 1. The van der Waals surface area contributed by atoms with Gasteiger partial charge in [0.2, 0.25) is 0 Å². The lowest BCUT2D eigenvalue weighted by atomic mass is 10.2. The van der Waals surface area contributed by atoms with Crippen LogP contribution in [0.5, 0.6) is 0 Å². The summed E-state index contributed by atoms with van der Waals surface area (Å²) in [5, 5.41) is 8.81. The van der Waals surface area contributed by atoms with Crippen molar-refractivity contribution in [2.24, 2.45) is 0 Å². The third-order valence-corrected chi connectivity index (χ3v) is 2.53. The average Bonchev–Trinajstić information content (AvgIpc) is 2.37. The molecule has 0 aliphatic carbocycles. The van der Waals surface area contributed by atoms with Crippen LogP contribution in [-0.4, -0.2) is 35.1 Å². The van der Waals surface area contributed by atoms with Crippen LogP contribution in [-0.2, 0) is 4.79 Å². The molecule has 96 valence electrons. The fourth-order valence-corrected chi connectivity index (χ4v) is 1.55. The number of benzene rings is 1. The van der Waals surface area contributed by atoms with Crippen molar-refractivity contribution in [2.45, 2.75) is 26.3 Å². The first kappa shape index (κ1) is 14.3. The van der Waals surface area contributed by atoms with Gasteiger partial charge in [0.05, 0.1) is 0 Å². The Bertz CT molecular complexity index is 429. The van der Waals surface area contributed by atoms with Crippen molar-refractivity contribution >= 4 is 5.91 Å². The summed E-state index contributed by atoms with van der Waals surface area (Å²) >= 11 is 0. The number of hydrogen-bond donors (Lipinski definition) is 1. The standard InChI is InChI=1S/C15H19NO2/c1-13(2)16(11-6-12-17)15(18)10-9-14-7-4-3-5-8-14/h3-5,7-8,13,17H,6,11-12H2,1-2H3. The number of nitrogens with zero attached hydrogens (tertiary/aromatic N) is 1. The highest BCUT2D eigenvalue weighted by Crippen LogP contribution is 2.01. The molecule has 0 aromatic heterocycles. The van der Waals surface area contributed by atoms with Gasteiger partial charge in [0.15, 0.2) is 0 Å². The van der Waals surface area contributed by atoms with E-state index in [4.69, 9.17) is 5.11 Å². The van der Waals surface area contributed by atoms with Crippen LogP contribution in [0.4, 0.5) is 0 Å². The molecule has 1 rings (SSSR count). The maximum Gasteiger partial charge on any atom is 0.299 e. The van der Waals surface area contributed by atoms with Crippen molar-refractivity contribution in [1.29, 1.82) is 0 Å². The lowest BCUT2D eigenvalue weighted by molar-refractivity contribution is -0.126. The number of carbonyl (C=O) groups excluding carboxylic acids is 1. The van der Waals surface area contributed by atoms with Gasteiger partial charge in [0.25, 0.3) is 5.91 Å². The highest BCUT2D eigenvalue weighted by Gasteiger charge is 2.13. The van der Waals surface area contributed by atoms with E-state index >= 15 is 0 Å². The third kappa shape index (κ3) is 4.60. The zero-order chi connectivity index (χ0) is 13.4. The molecule has 0 atom stereocenters. The van der Waals surface area contributed by atoms with E-state index in [2.05, 4.69) is 11.8 Å². The van der Waals surface area contributed by atoms with Crippen LogP contribution in [0.25, 0.3) is 0 Å². The Labute approximate surface area is 108 Å². The van der Waals surface area contributed by atoms with Gasteiger partial charge in [-0.05, 0) is 32.4 Å². The highest BCUT2D eigenvalue weighted by molar-refractivity contribution is 5.94. The van der Waals surface area contributed by atoms with Gasteiger partial charge in [0.1, 0.15) is 0 Å². The smallest absolute Gasteiger partial charge is 0.299 e. The molecule has 0 unspecified atom stereocenters. The first-order valence-corrected chi connectivity index (χ1v) is 6.13. The molecule has 0 saturated carbocycles. The normalized spacial score (nSPS) is 9.78. The van der Waals surface area contributed by atoms with Crippen LogP contribution in [0.2, 0.25) is 0 Å². The third-order valence-electron chi connectivity index (χ3n) is 2.53. The topological polar surface area (TPSA) is 40.5 Å². The van der Waals surface area contributed by atoms with Crippen LogP contribution in [0.15, 0.2) is 30.3 Å². The van der Waals surface area contributed by atoms with Crippen molar-refractivity contribution < 1.29 is 9.90 Å². The molecule has 1 N–H and O–H groups in total. The molecule has 0 fully saturated rings. The maximum atomic E-state index is 11.9. The summed E-state index contributed by atoms with van der Waals surface area (Å²) in [4.78, 5) is 13.6. The Morgan fingerprint density at radius 1 is 1.33 bits per heavy atom. The maximum absolute atomic E-state index is 11.9. The van der Waals surface area contributed by atoms with Crippen molar-refractivity contribution in [2.75, 3.05) is 13.2 Å². The molecule has 3 nitrogen and oxygen atoms in total. The molecular formula is C15H19NO2. The molecule has 0 saturated heterocycles. The SMILES string of the molecule is CC(C)N(CCCO)C(=O)C#Cc1ccccc1. The molecule has 0 heterocycles. The van der Waals surface area contributed by atoms with Gasteiger partial charge < -0.3 is 10.0 Å². The van der Waals surface area contributed by atoms with E-state index in [9.17, 15) is 4.79 Å². The van der Waals surface area contributed by atoms with E-state index in [0.29, 0.717) is 13.0 Å². The van der Waals surface area contributed by atoms with Crippen LogP contribution in [0.1, 0.15) is 25.8 Å². The van der Waals surface area contributed by atoms with E-state index < -0.39 is 0 Å². The first-order chi connectivity index (χ1) is 8.65. The Morgan fingerprint density at radius 3 is 2.56 bits per heavy atom. The number of carbonyl (C=O) groups is 1. The minimum atomic E-state index is -0.192. The second kappa shape index (κ2) is 7.52. The van der Waals surface area contributed by atoms with E-state index in [1.165, 1.54) is 0 Å². The van der Waals surface area contributed by atoms with Gasteiger partial charge in [-0.1, -0.05) is 24.1 Å². The fraction of sp³-hybridized carbons (Fsp3) is 0.400. The van der Waals surface area contributed by atoms with Crippen molar-refractivity contribution in [1.82, 2.24) is 4.90 Å². The Hall–Kier alpha value is -1.79. The van der Waals surface area contributed by atoms with Crippen LogP contribution in [0, 0.1) is 11.8 Å². The Morgan fingerprint density at radius 2 is 2.00 bits per heavy atom. The Balaban J connectivity index is 2.70. The molecule has 18 heavy (non-hydrogen) atoms. The van der Waals surface area contributed by atoms with Gasteiger partial charge in [-0.15, -0.1) is 0 Å². The number of aliphatic hydroxyl groups excluding tert-OH is 1. The van der Waals surface area contributed by atoms with E-state index in [1.54, 1.807) is 4.90 Å². The number of aliphatic hydroxyl groups is 1. The molecule has 1 aromatic rings. The first-order valence-electron chi connectivity index (χ1n) is 6.13. The van der Waals surface area contributed by atoms with Gasteiger partial charge in [-0.2, -0.15) is 0 Å². The van der Waals surface area contributed by atoms with Crippen LogP contribution < -0.4 is 0 Å². The monoisotopic (exact) mass is 245 g/mol. The second-order valence-corrected chi connectivity index (χ2v) is 4.29. The quantitative estimate of drug-likeness (QED) is 0.820. The summed E-state index contributed by atoms with van der Waals surface area (Å²) in [6.45, 7) is 4.51. The fourth-order valence-electron chi connectivity index (χ4n) is 1.55. The van der Waals surface area contributed by atoms with Crippen molar-refractivity contribution in [3.63, 3.8) is 0 Å². The lowest BCUT2D eigenvalue weighted by Crippen LogP contribution is -2.37. The van der Waals surface area contributed by atoms with Gasteiger partial charge in [-0.25, -0.2) is 0 Å². The van der Waals surface area contributed by atoms with Crippen LogP contribution >= 0.6 is 0 Å². The zero-order valence-corrected chi connectivity index (χ0v) is 10.9. The molecule has 0 aliphatic heterocycles. The molecule has 1 aromatic carbocycles. The van der Waals surface area contributed by atoms with Gasteiger partial charge in [0, 0.05) is 30.7 Å². The largest absolute Gasteiger partial charge is 0.396 e. The van der Waals surface area contributed by atoms with Crippen molar-refractivity contribution in [3.05, 3.63) is 35.9 Å². The van der Waals surface area contributed by atoms with Gasteiger partial charge in [-0.3, -0.25) is 4.79 Å². The van der Waals surface area contributed by atoms with E-state index in [1.807, 2.05) is 44.2 Å². The molecule has 0 spiro atoms. The van der Waals surface area contributed by atoms with E-state index in [-0.39, 0.29) is 18.6 Å². The molecule has 0 radical (unpaired) electrons. The second-order valence-electron chi connectivity index (χ2n) is 4.29. The summed E-state index contributed by atoms with van der Waals surface area (Å²) in [7, 11) is 0. The molecule has 3 heteroatoms. The summed E-state index contributed by atoms with van der Waals surface area (Å²) in [5.74, 6) is 5.30. The average molecular weight is 245 g/mol. The predicted molar refractivity (Wildman–Crippen MR) is 71.9 cm³/mol. The van der Waals surface area contributed by atoms with Crippen molar-refractivity contribution in [3.8, 4) is 11.8 Å². The number of rotatable bonds is 4. The Kier molecular flexibility index (Phi) is 5.96.